The Kier molecular flexibility index (Phi) is 10.3. The lowest BCUT2D eigenvalue weighted by atomic mass is 9.46. The molecule has 4 fully saturated rings. The SMILES string of the molecule is C[C@]12C=CC(=O)C=C1CC[C@@H]1[C@@H]2[C@@H](O)C[C@@]2(C)[C@H]1C[C@H]1O[C@@H](c3ccc(Cc4cccc(NC(=O)[C@H](CCC(=O)O)NC(=O)CN)c4)s3)O[C@]12C(=O)CO. The molecule has 288 valence electrons. The molecular weight excluding hydrogens is 715 g/mol. The van der Waals surface area contributed by atoms with Gasteiger partial charge >= 0.3 is 5.97 Å². The molecule has 7 N–H and O–H groups in total. The summed E-state index contributed by atoms with van der Waals surface area (Å²) in [6.45, 7) is 3.06. The fourth-order valence-electron chi connectivity index (χ4n) is 10.4. The molecule has 2 heterocycles. The maximum Gasteiger partial charge on any atom is 0.303 e. The van der Waals surface area contributed by atoms with Crippen LogP contribution < -0.4 is 16.4 Å². The number of fused-ring (bicyclic) bond motifs is 7. The monoisotopic (exact) mass is 761 g/mol. The number of carboxylic acid groups (broad SMARTS) is 1. The van der Waals surface area contributed by atoms with Crippen molar-refractivity contribution in [1.82, 2.24) is 5.32 Å². The van der Waals surface area contributed by atoms with Crippen LogP contribution >= 0.6 is 11.3 Å². The van der Waals surface area contributed by atoms with Crippen LogP contribution in [0.5, 0.6) is 0 Å². The minimum Gasteiger partial charge on any atom is -0.481 e. The summed E-state index contributed by atoms with van der Waals surface area (Å²) < 4.78 is 13.4. The Hall–Kier alpha value is -4.05. The number of nitrogens with two attached hydrogens (primary N) is 1. The minimum absolute atomic E-state index is 0.00667. The zero-order valence-corrected chi connectivity index (χ0v) is 31.1. The first kappa shape index (κ1) is 38.2. The van der Waals surface area contributed by atoms with Crippen LogP contribution in [-0.4, -0.2) is 81.7 Å². The number of hydrogen-bond donors (Lipinski definition) is 6. The molecule has 2 aromatic rings. The lowest BCUT2D eigenvalue weighted by Gasteiger charge is -2.59. The molecule has 5 aliphatic rings. The van der Waals surface area contributed by atoms with E-state index in [4.69, 9.17) is 20.3 Å². The van der Waals surface area contributed by atoms with Gasteiger partial charge in [0.25, 0.3) is 0 Å². The molecule has 0 spiro atoms. The highest BCUT2D eigenvalue weighted by Crippen LogP contribution is 2.70. The second-order valence-corrected chi connectivity index (χ2v) is 17.0. The minimum atomic E-state index is -1.44. The van der Waals surface area contributed by atoms with Gasteiger partial charge in [-0.25, -0.2) is 0 Å². The molecule has 2 amide bonds. The number of carbonyl (C=O) groups excluding carboxylic acids is 4. The van der Waals surface area contributed by atoms with E-state index in [1.54, 1.807) is 30.4 Å². The second-order valence-electron chi connectivity index (χ2n) is 15.8. The number of carbonyl (C=O) groups is 5. The predicted molar refractivity (Wildman–Crippen MR) is 197 cm³/mol. The van der Waals surface area contributed by atoms with Crippen LogP contribution in [0, 0.1) is 28.6 Å². The lowest BCUT2D eigenvalue weighted by molar-refractivity contribution is -0.200. The Bertz CT molecular complexity index is 1930. The van der Waals surface area contributed by atoms with Gasteiger partial charge in [-0.3, -0.25) is 24.0 Å². The second kappa shape index (κ2) is 14.5. The van der Waals surface area contributed by atoms with Crippen molar-refractivity contribution in [2.45, 2.75) is 88.9 Å². The number of carboxylic acids is 1. The summed E-state index contributed by atoms with van der Waals surface area (Å²) in [5.41, 5.74) is 5.07. The molecule has 13 nitrogen and oxygen atoms in total. The van der Waals surface area contributed by atoms with E-state index in [0.717, 1.165) is 33.7 Å². The number of allylic oxidation sites excluding steroid dienone is 4. The molecule has 1 aromatic heterocycles. The molecule has 4 aliphatic carbocycles. The van der Waals surface area contributed by atoms with E-state index in [9.17, 15) is 34.2 Å². The van der Waals surface area contributed by atoms with Crippen LogP contribution in [0.25, 0.3) is 0 Å². The summed E-state index contributed by atoms with van der Waals surface area (Å²) in [7, 11) is 0. The van der Waals surface area contributed by atoms with E-state index >= 15 is 0 Å². The van der Waals surface area contributed by atoms with Gasteiger partial charge in [0, 0.05) is 40.2 Å². The molecule has 54 heavy (non-hydrogen) atoms. The van der Waals surface area contributed by atoms with Crippen LogP contribution in [0.1, 0.15) is 74.0 Å². The molecule has 1 saturated heterocycles. The molecule has 0 bridgehead atoms. The average molecular weight is 762 g/mol. The largest absolute Gasteiger partial charge is 0.481 e. The Morgan fingerprint density at radius 3 is 2.69 bits per heavy atom. The maximum absolute atomic E-state index is 13.9. The summed E-state index contributed by atoms with van der Waals surface area (Å²) >= 11 is 1.47. The van der Waals surface area contributed by atoms with Gasteiger partial charge in [0.15, 0.2) is 23.5 Å². The van der Waals surface area contributed by atoms with Crippen molar-refractivity contribution in [3.8, 4) is 0 Å². The number of Topliss-reactive ketones (excluding diaryl/α,β-unsaturated/α-hetero) is 1. The van der Waals surface area contributed by atoms with Gasteiger partial charge in [0.2, 0.25) is 11.8 Å². The van der Waals surface area contributed by atoms with Gasteiger partial charge in [0.1, 0.15) is 12.6 Å². The van der Waals surface area contributed by atoms with Gasteiger partial charge < -0.3 is 41.2 Å². The number of aliphatic hydroxyl groups is 2. The van der Waals surface area contributed by atoms with Crippen molar-refractivity contribution >= 4 is 46.4 Å². The van der Waals surface area contributed by atoms with Crippen LogP contribution in [0.2, 0.25) is 0 Å². The number of ketones is 2. The number of aliphatic carboxylic acids is 1. The Morgan fingerprint density at radius 1 is 1.15 bits per heavy atom. The van der Waals surface area contributed by atoms with Gasteiger partial charge in [-0.1, -0.05) is 37.6 Å². The number of benzene rings is 1. The quantitative estimate of drug-likeness (QED) is 0.185. The van der Waals surface area contributed by atoms with Crippen molar-refractivity contribution in [2.24, 2.45) is 34.3 Å². The number of ether oxygens (including phenoxy) is 2. The maximum atomic E-state index is 13.9. The normalized spacial score (nSPS) is 34.2. The fourth-order valence-corrected chi connectivity index (χ4v) is 11.4. The summed E-state index contributed by atoms with van der Waals surface area (Å²) in [5.74, 6) is -2.76. The van der Waals surface area contributed by atoms with Crippen LogP contribution in [0.15, 0.2) is 60.2 Å². The standard InChI is InChI=1S/C40H47N3O10S/c1-38-13-12-24(45)16-22(38)6-8-26-27-17-32-40(31(47)20-44,39(27,2)18-29(46)35(26)38)53-37(52-32)30-10-7-25(54-30)15-21-4-3-5-23(14-21)42-36(51)28(9-11-34(49)50)43-33(48)19-41/h3-5,7,10,12-14,16,26-29,32,35,37,44,46H,6,8-9,11,15,17-20,41H2,1-2H3,(H,42,51)(H,43,48)(H,49,50)/t26-,27-,28-,29-,32+,35+,37+,38-,39-,40+/m0/s1. The van der Waals surface area contributed by atoms with E-state index in [1.165, 1.54) is 11.3 Å². The highest BCUT2D eigenvalue weighted by molar-refractivity contribution is 7.12. The van der Waals surface area contributed by atoms with Crippen LogP contribution in [-0.2, 0) is 39.9 Å². The Morgan fingerprint density at radius 2 is 1.94 bits per heavy atom. The molecule has 3 saturated carbocycles. The van der Waals surface area contributed by atoms with Gasteiger partial charge in [-0.2, -0.15) is 0 Å². The van der Waals surface area contributed by atoms with Crippen molar-refractivity contribution < 1.29 is 48.8 Å². The molecular formula is C40H47N3O10S. The summed E-state index contributed by atoms with van der Waals surface area (Å²) in [4.78, 5) is 63.9. The van der Waals surface area contributed by atoms with Gasteiger partial charge in [0.05, 0.1) is 23.6 Å². The number of aliphatic hydroxyl groups excluding tert-OH is 2. The van der Waals surface area contributed by atoms with Crippen LogP contribution in [0.3, 0.4) is 0 Å². The highest BCUT2D eigenvalue weighted by atomic mass is 32.1. The molecule has 7 rings (SSSR count). The number of amides is 2. The van der Waals surface area contributed by atoms with Gasteiger partial charge in [-0.05, 0) is 85.9 Å². The van der Waals surface area contributed by atoms with E-state index < -0.39 is 71.1 Å². The number of rotatable bonds is 12. The zero-order valence-electron chi connectivity index (χ0n) is 30.3. The molecule has 10 atom stereocenters. The molecule has 0 radical (unpaired) electrons. The molecule has 14 heteroatoms. The smallest absolute Gasteiger partial charge is 0.303 e. The van der Waals surface area contributed by atoms with E-state index in [1.807, 2.05) is 31.2 Å². The van der Waals surface area contributed by atoms with Crippen molar-refractivity contribution in [2.75, 3.05) is 18.5 Å². The van der Waals surface area contributed by atoms with Crippen molar-refractivity contribution in [3.63, 3.8) is 0 Å². The first-order valence-corrected chi connectivity index (χ1v) is 19.3. The highest BCUT2D eigenvalue weighted by Gasteiger charge is 2.76. The topological polar surface area (TPSA) is 215 Å². The van der Waals surface area contributed by atoms with E-state index in [0.29, 0.717) is 24.9 Å². The van der Waals surface area contributed by atoms with Gasteiger partial charge in [-0.15, -0.1) is 11.3 Å². The van der Waals surface area contributed by atoms with E-state index in [2.05, 4.69) is 17.6 Å². The molecule has 1 aromatic carbocycles. The van der Waals surface area contributed by atoms with Crippen molar-refractivity contribution in [1.29, 1.82) is 0 Å². The van der Waals surface area contributed by atoms with E-state index in [-0.39, 0.29) is 42.9 Å². The predicted octanol–water partition coefficient (Wildman–Crippen LogP) is 3.19. The third-order valence-corrected chi connectivity index (χ3v) is 13.9. The first-order valence-electron chi connectivity index (χ1n) is 18.5. The molecule has 1 aliphatic heterocycles. The molecule has 0 unspecified atom stereocenters. The fraction of sp³-hybridized carbons (Fsp3) is 0.525. The third kappa shape index (κ3) is 6.46. The summed E-state index contributed by atoms with van der Waals surface area (Å²) in [6, 6.07) is 9.97. The number of thiophene rings is 1. The summed E-state index contributed by atoms with van der Waals surface area (Å²) in [5, 5.41) is 36.6. The van der Waals surface area contributed by atoms with Crippen molar-refractivity contribution in [3.05, 3.63) is 75.5 Å². The van der Waals surface area contributed by atoms with Crippen LogP contribution in [0.4, 0.5) is 5.69 Å². The average Bonchev–Trinajstić information content (AvgIpc) is 3.82. The third-order valence-electron chi connectivity index (χ3n) is 12.8. The first-order chi connectivity index (χ1) is 25.7. The Labute approximate surface area is 317 Å². The Balaban J connectivity index is 1.07. The number of anilines is 1. The number of hydrogen-bond acceptors (Lipinski definition) is 11. The summed E-state index contributed by atoms with van der Waals surface area (Å²) in [6.07, 6.45) is 5.50. The zero-order chi connectivity index (χ0) is 38.6. The lowest BCUT2D eigenvalue weighted by Crippen LogP contribution is -2.63. The number of nitrogens with one attached hydrogen (secondary N) is 2.